The fourth-order valence-electron chi connectivity index (χ4n) is 2.62. The van der Waals surface area contributed by atoms with Crippen LogP contribution >= 0.6 is 0 Å². The van der Waals surface area contributed by atoms with Crippen molar-refractivity contribution in [1.29, 1.82) is 0 Å². The van der Waals surface area contributed by atoms with Crippen molar-refractivity contribution >= 4 is 17.5 Å². The van der Waals surface area contributed by atoms with Crippen LogP contribution in [0.3, 0.4) is 0 Å². The second-order valence-electron chi connectivity index (χ2n) is 6.19. The van der Waals surface area contributed by atoms with Gasteiger partial charge in [0.15, 0.2) is 6.61 Å². The zero-order chi connectivity index (χ0) is 19.8. The number of hydrogen-bond donors (Lipinski definition) is 2. The van der Waals surface area contributed by atoms with E-state index in [1.807, 2.05) is 43.3 Å². The minimum absolute atomic E-state index is 0.142. The van der Waals surface area contributed by atoms with Crippen LogP contribution in [0.25, 0.3) is 0 Å². The van der Waals surface area contributed by atoms with Crippen LogP contribution in [-0.2, 0) is 11.3 Å². The quantitative estimate of drug-likeness (QED) is 0.664. The molecule has 6 heteroatoms. The van der Waals surface area contributed by atoms with Gasteiger partial charge in [0.05, 0.1) is 11.3 Å². The summed E-state index contributed by atoms with van der Waals surface area (Å²) in [5.41, 5.74) is 2.66. The Kier molecular flexibility index (Phi) is 6.36. The van der Waals surface area contributed by atoms with Crippen molar-refractivity contribution in [3.05, 3.63) is 89.7 Å². The lowest BCUT2D eigenvalue weighted by Crippen LogP contribution is -2.26. The lowest BCUT2D eigenvalue weighted by Gasteiger charge is -2.12. The number of aromatic nitrogens is 1. The summed E-state index contributed by atoms with van der Waals surface area (Å²) >= 11 is 0. The number of rotatable bonds is 7. The number of benzene rings is 2. The fraction of sp³-hybridized carbons (Fsp3) is 0.136. The van der Waals surface area contributed by atoms with Crippen LogP contribution in [0, 0.1) is 6.92 Å². The van der Waals surface area contributed by atoms with Crippen molar-refractivity contribution in [1.82, 2.24) is 10.3 Å². The van der Waals surface area contributed by atoms with Crippen molar-refractivity contribution in [2.45, 2.75) is 13.5 Å². The van der Waals surface area contributed by atoms with Gasteiger partial charge in [0.1, 0.15) is 5.75 Å². The second-order valence-corrected chi connectivity index (χ2v) is 6.19. The molecule has 0 aliphatic carbocycles. The molecule has 0 aliphatic rings. The summed E-state index contributed by atoms with van der Waals surface area (Å²) in [5.74, 6) is 0.0375. The number of nitrogens with one attached hydrogen (secondary N) is 2. The van der Waals surface area contributed by atoms with Crippen LogP contribution in [0.2, 0.25) is 0 Å². The summed E-state index contributed by atoms with van der Waals surface area (Å²) < 4.78 is 5.56. The number of anilines is 1. The molecule has 28 heavy (non-hydrogen) atoms. The molecule has 0 saturated heterocycles. The maximum Gasteiger partial charge on any atom is 0.262 e. The van der Waals surface area contributed by atoms with Gasteiger partial charge in [0, 0.05) is 18.9 Å². The first-order chi connectivity index (χ1) is 13.6. The maximum absolute atomic E-state index is 12.5. The Morgan fingerprint density at radius 3 is 2.57 bits per heavy atom. The average molecular weight is 375 g/mol. The molecule has 1 aromatic heterocycles. The molecule has 0 aliphatic heterocycles. The average Bonchev–Trinajstić information content (AvgIpc) is 2.72. The highest BCUT2D eigenvalue weighted by Gasteiger charge is 2.13. The number of para-hydroxylation sites is 2. The van der Waals surface area contributed by atoms with E-state index in [0.29, 0.717) is 23.5 Å². The molecule has 2 N–H and O–H groups in total. The Hall–Kier alpha value is -3.67. The molecule has 3 aromatic rings. The molecular formula is C22H21N3O3. The van der Waals surface area contributed by atoms with Crippen molar-refractivity contribution < 1.29 is 14.3 Å². The van der Waals surface area contributed by atoms with Gasteiger partial charge in [0.25, 0.3) is 11.8 Å². The number of aryl methyl sites for hydroxylation is 1. The van der Waals surface area contributed by atoms with Gasteiger partial charge in [-0.25, -0.2) is 0 Å². The first-order valence-electron chi connectivity index (χ1n) is 8.88. The summed E-state index contributed by atoms with van der Waals surface area (Å²) in [5, 5.41) is 5.57. The molecule has 2 amide bonds. The van der Waals surface area contributed by atoms with Gasteiger partial charge >= 0.3 is 0 Å². The smallest absolute Gasteiger partial charge is 0.262 e. The van der Waals surface area contributed by atoms with Crippen LogP contribution in [-0.4, -0.2) is 23.4 Å². The monoisotopic (exact) mass is 375 g/mol. The number of amides is 2. The van der Waals surface area contributed by atoms with E-state index in [4.69, 9.17) is 4.74 Å². The molecule has 0 bridgehead atoms. The molecule has 0 saturated carbocycles. The lowest BCUT2D eigenvalue weighted by atomic mass is 10.1. The van der Waals surface area contributed by atoms with Gasteiger partial charge in [-0.3, -0.25) is 14.6 Å². The van der Waals surface area contributed by atoms with Crippen LogP contribution in [0.15, 0.2) is 73.1 Å². The third-order valence-electron chi connectivity index (χ3n) is 4.07. The SMILES string of the molecule is Cc1ccccc1OCC(=O)Nc1ccccc1C(=O)NCc1cccnc1. The number of carbonyl (C=O) groups is 2. The number of ether oxygens (including phenoxy) is 1. The van der Waals surface area contributed by atoms with E-state index >= 15 is 0 Å². The molecule has 0 spiro atoms. The van der Waals surface area contributed by atoms with Crippen LogP contribution in [0.5, 0.6) is 5.75 Å². The Morgan fingerprint density at radius 1 is 1.00 bits per heavy atom. The highest BCUT2D eigenvalue weighted by atomic mass is 16.5. The predicted molar refractivity (Wildman–Crippen MR) is 107 cm³/mol. The first kappa shape index (κ1) is 19.1. The summed E-state index contributed by atoms with van der Waals surface area (Å²) in [6.07, 6.45) is 3.37. The molecule has 0 atom stereocenters. The highest BCUT2D eigenvalue weighted by molar-refractivity contribution is 6.04. The fourth-order valence-corrected chi connectivity index (χ4v) is 2.62. The van der Waals surface area contributed by atoms with E-state index in [0.717, 1.165) is 11.1 Å². The Bertz CT molecular complexity index is 958. The topological polar surface area (TPSA) is 80.3 Å². The molecule has 0 unspecified atom stereocenters. The molecule has 6 nitrogen and oxygen atoms in total. The third kappa shape index (κ3) is 5.17. The van der Waals surface area contributed by atoms with Gasteiger partial charge in [-0.1, -0.05) is 36.4 Å². The Balaban J connectivity index is 1.60. The van der Waals surface area contributed by atoms with Gasteiger partial charge in [-0.05, 0) is 42.3 Å². The molecule has 0 radical (unpaired) electrons. The van der Waals surface area contributed by atoms with Crippen LogP contribution in [0.4, 0.5) is 5.69 Å². The first-order valence-corrected chi connectivity index (χ1v) is 8.88. The largest absolute Gasteiger partial charge is 0.483 e. The number of pyridine rings is 1. The summed E-state index contributed by atoms with van der Waals surface area (Å²) in [6, 6.07) is 18.0. The zero-order valence-corrected chi connectivity index (χ0v) is 15.5. The minimum atomic E-state index is -0.337. The number of carbonyl (C=O) groups excluding carboxylic acids is 2. The standard InChI is InChI=1S/C22H21N3O3/c1-16-7-2-5-11-20(16)28-15-21(26)25-19-10-4-3-9-18(19)22(27)24-14-17-8-6-12-23-13-17/h2-13H,14-15H2,1H3,(H,24,27)(H,25,26). The van der Waals surface area contributed by atoms with E-state index in [2.05, 4.69) is 15.6 Å². The molecule has 2 aromatic carbocycles. The molecule has 0 fully saturated rings. The van der Waals surface area contributed by atoms with E-state index in [9.17, 15) is 9.59 Å². The molecule has 1 heterocycles. The second kappa shape index (κ2) is 9.32. The minimum Gasteiger partial charge on any atom is -0.483 e. The number of nitrogens with zero attached hydrogens (tertiary/aromatic N) is 1. The maximum atomic E-state index is 12.5. The van der Waals surface area contributed by atoms with E-state index in [-0.39, 0.29) is 18.4 Å². The predicted octanol–water partition coefficient (Wildman–Crippen LogP) is 3.34. The van der Waals surface area contributed by atoms with Crippen molar-refractivity contribution in [3.63, 3.8) is 0 Å². The van der Waals surface area contributed by atoms with E-state index in [1.54, 1.807) is 36.7 Å². The third-order valence-corrected chi connectivity index (χ3v) is 4.07. The summed E-state index contributed by atoms with van der Waals surface area (Å²) in [7, 11) is 0. The van der Waals surface area contributed by atoms with Gasteiger partial charge < -0.3 is 15.4 Å². The Morgan fingerprint density at radius 2 is 1.79 bits per heavy atom. The van der Waals surface area contributed by atoms with Gasteiger partial charge in [-0.2, -0.15) is 0 Å². The van der Waals surface area contributed by atoms with Gasteiger partial charge in [0.2, 0.25) is 0 Å². The summed E-state index contributed by atoms with van der Waals surface area (Å²) in [6.45, 7) is 2.12. The molecule has 142 valence electrons. The lowest BCUT2D eigenvalue weighted by molar-refractivity contribution is -0.118. The van der Waals surface area contributed by atoms with Crippen LogP contribution < -0.4 is 15.4 Å². The summed E-state index contributed by atoms with van der Waals surface area (Å²) in [4.78, 5) is 28.8. The zero-order valence-electron chi connectivity index (χ0n) is 15.5. The molecule has 3 rings (SSSR count). The van der Waals surface area contributed by atoms with E-state index in [1.165, 1.54) is 0 Å². The van der Waals surface area contributed by atoms with Crippen LogP contribution in [0.1, 0.15) is 21.5 Å². The van der Waals surface area contributed by atoms with Gasteiger partial charge in [-0.15, -0.1) is 0 Å². The van der Waals surface area contributed by atoms with Crippen molar-refractivity contribution in [2.24, 2.45) is 0 Å². The highest BCUT2D eigenvalue weighted by Crippen LogP contribution is 2.17. The van der Waals surface area contributed by atoms with Crippen molar-refractivity contribution in [2.75, 3.05) is 11.9 Å². The number of hydrogen-bond acceptors (Lipinski definition) is 4. The van der Waals surface area contributed by atoms with E-state index < -0.39 is 0 Å². The van der Waals surface area contributed by atoms with Crippen molar-refractivity contribution in [3.8, 4) is 5.75 Å². The molecular weight excluding hydrogens is 354 g/mol. The Labute approximate surface area is 163 Å². The normalized spacial score (nSPS) is 10.2.